The molecular formula is C10H12BNO3. The molecular weight excluding hydrogens is 193 g/mol. The fraction of sp³-hybridized carbons (Fsp3) is 0.200. The maximum atomic E-state index is 11.4. The molecule has 1 N–H and O–H groups in total. The Bertz CT molecular complexity index is 353. The minimum atomic E-state index is -0.728. The highest BCUT2D eigenvalue weighted by Crippen LogP contribution is 2.13. The molecule has 15 heavy (non-hydrogen) atoms. The zero-order valence-electron chi connectivity index (χ0n) is 8.69. The van der Waals surface area contributed by atoms with Crippen LogP contribution in [0.2, 0.25) is 0 Å². The van der Waals surface area contributed by atoms with E-state index in [2.05, 4.69) is 10.1 Å². The number of rotatable bonds is 3. The first-order chi connectivity index (χ1) is 7.15. The van der Waals surface area contributed by atoms with Crippen molar-refractivity contribution in [3.8, 4) is 0 Å². The van der Waals surface area contributed by atoms with Gasteiger partial charge in [0.15, 0.2) is 11.8 Å². The monoisotopic (exact) mass is 205 g/mol. The molecule has 4 nitrogen and oxygen atoms in total. The van der Waals surface area contributed by atoms with Crippen molar-refractivity contribution in [2.45, 2.75) is 6.04 Å². The number of methoxy groups -OCH3 is 1. The SMILES string of the molecule is BC(=O)NC(C(=O)OC)c1ccccc1. The van der Waals surface area contributed by atoms with Gasteiger partial charge in [0.1, 0.15) is 0 Å². The lowest BCUT2D eigenvalue weighted by Gasteiger charge is -2.15. The molecule has 1 unspecified atom stereocenters. The first-order valence-corrected chi connectivity index (χ1v) is 4.55. The molecule has 0 bridgehead atoms. The molecule has 1 amide bonds. The molecule has 1 rings (SSSR count). The summed E-state index contributed by atoms with van der Waals surface area (Å²) < 4.78 is 4.61. The first-order valence-electron chi connectivity index (χ1n) is 4.55. The Morgan fingerprint density at radius 2 is 1.93 bits per heavy atom. The van der Waals surface area contributed by atoms with Gasteiger partial charge in [0.2, 0.25) is 7.85 Å². The van der Waals surface area contributed by atoms with Crippen LogP contribution >= 0.6 is 0 Å². The lowest BCUT2D eigenvalue weighted by molar-refractivity contribution is -0.142. The van der Waals surface area contributed by atoms with E-state index in [1.54, 1.807) is 24.3 Å². The van der Waals surface area contributed by atoms with Crippen LogP contribution in [0.4, 0.5) is 4.79 Å². The summed E-state index contributed by atoms with van der Waals surface area (Å²) in [5, 5.41) is 2.53. The molecule has 0 aliphatic rings. The number of nitrogens with one attached hydrogen (secondary N) is 1. The van der Waals surface area contributed by atoms with Gasteiger partial charge in [0.25, 0.3) is 0 Å². The molecule has 0 aliphatic heterocycles. The molecule has 0 saturated carbocycles. The van der Waals surface area contributed by atoms with E-state index in [9.17, 15) is 9.59 Å². The minimum absolute atomic E-state index is 0.269. The van der Waals surface area contributed by atoms with E-state index in [4.69, 9.17) is 0 Å². The van der Waals surface area contributed by atoms with Crippen LogP contribution in [0.15, 0.2) is 30.3 Å². The van der Waals surface area contributed by atoms with E-state index >= 15 is 0 Å². The van der Waals surface area contributed by atoms with Gasteiger partial charge in [-0.1, -0.05) is 30.3 Å². The normalized spacial score (nSPS) is 11.5. The van der Waals surface area contributed by atoms with E-state index in [-0.39, 0.29) is 5.81 Å². The Morgan fingerprint density at radius 1 is 1.33 bits per heavy atom. The van der Waals surface area contributed by atoms with Gasteiger partial charge < -0.3 is 10.1 Å². The van der Waals surface area contributed by atoms with Crippen LogP contribution in [0.3, 0.4) is 0 Å². The van der Waals surface area contributed by atoms with E-state index in [1.165, 1.54) is 15.0 Å². The summed E-state index contributed by atoms with van der Waals surface area (Å²) in [4.78, 5) is 22.3. The molecule has 78 valence electrons. The van der Waals surface area contributed by atoms with Crippen molar-refractivity contribution in [1.82, 2.24) is 5.32 Å². The lowest BCUT2D eigenvalue weighted by atomic mass is 10.0. The fourth-order valence-electron chi connectivity index (χ4n) is 1.24. The second kappa shape index (κ2) is 5.19. The van der Waals surface area contributed by atoms with E-state index in [0.29, 0.717) is 5.56 Å². The van der Waals surface area contributed by atoms with E-state index < -0.39 is 12.0 Å². The standard InChI is InChI=1S/C10H12BNO3/c1-15-9(13)8(12-10(11)14)7-5-3-2-4-6-7/h2-6,8H,11H2,1H3,(H,12,14). The Balaban J connectivity index is 2.91. The summed E-state index contributed by atoms with van der Waals surface area (Å²) in [5.41, 5.74) is 0.708. The van der Waals surface area contributed by atoms with Crippen molar-refractivity contribution in [3.63, 3.8) is 0 Å². The van der Waals surface area contributed by atoms with E-state index in [1.807, 2.05) is 6.07 Å². The molecule has 5 heteroatoms. The van der Waals surface area contributed by atoms with Gasteiger partial charge in [-0.15, -0.1) is 0 Å². The summed E-state index contributed by atoms with van der Waals surface area (Å²) >= 11 is 0. The van der Waals surface area contributed by atoms with Gasteiger partial charge in [0.05, 0.1) is 7.11 Å². The summed E-state index contributed by atoms with van der Waals surface area (Å²) in [5.74, 6) is -0.745. The quantitative estimate of drug-likeness (QED) is 0.568. The summed E-state index contributed by atoms with van der Waals surface area (Å²) in [6.07, 6.45) is 0. The smallest absolute Gasteiger partial charge is 0.333 e. The number of carbonyl (C=O) groups is 2. The maximum absolute atomic E-state index is 11.4. The second-order valence-corrected chi connectivity index (χ2v) is 3.07. The topological polar surface area (TPSA) is 55.4 Å². The zero-order chi connectivity index (χ0) is 11.3. The minimum Gasteiger partial charge on any atom is -0.467 e. The third kappa shape index (κ3) is 3.12. The molecule has 0 fully saturated rings. The van der Waals surface area contributed by atoms with Crippen molar-refractivity contribution in [3.05, 3.63) is 35.9 Å². The van der Waals surface area contributed by atoms with Crippen molar-refractivity contribution < 1.29 is 14.3 Å². The van der Waals surface area contributed by atoms with Gasteiger partial charge in [-0.05, 0) is 5.56 Å². The molecule has 0 saturated heterocycles. The van der Waals surface area contributed by atoms with Crippen LogP contribution in [-0.4, -0.2) is 26.7 Å². The van der Waals surface area contributed by atoms with Gasteiger partial charge in [-0.2, -0.15) is 0 Å². The molecule has 0 aromatic heterocycles. The van der Waals surface area contributed by atoms with Crippen LogP contribution in [0.5, 0.6) is 0 Å². The van der Waals surface area contributed by atoms with Crippen LogP contribution in [-0.2, 0) is 9.53 Å². The summed E-state index contributed by atoms with van der Waals surface area (Å²) in [6, 6.07) is 8.23. The number of ether oxygens (including phenoxy) is 1. The average Bonchev–Trinajstić information content (AvgIpc) is 2.26. The van der Waals surface area contributed by atoms with Crippen LogP contribution in [0.25, 0.3) is 0 Å². The third-order valence-corrected chi connectivity index (χ3v) is 1.92. The molecule has 0 radical (unpaired) electrons. The highest BCUT2D eigenvalue weighted by Gasteiger charge is 2.21. The number of hydrogen-bond acceptors (Lipinski definition) is 3. The zero-order valence-corrected chi connectivity index (χ0v) is 8.69. The van der Waals surface area contributed by atoms with Crippen molar-refractivity contribution in [2.24, 2.45) is 0 Å². The van der Waals surface area contributed by atoms with Crippen molar-refractivity contribution in [1.29, 1.82) is 0 Å². The average molecular weight is 205 g/mol. The summed E-state index contributed by atoms with van der Waals surface area (Å²) in [6.45, 7) is 0. The van der Waals surface area contributed by atoms with Crippen LogP contribution < -0.4 is 5.32 Å². The van der Waals surface area contributed by atoms with Gasteiger partial charge in [-0.25, -0.2) is 4.79 Å². The van der Waals surface area contributed by atoms with Gasteiger partial charge >= 0.3 is 5.97 Å². The largest absolute Gasteiger partial charge is 0.467 e. The van der Waals surface area contributed by atoms with Crippen LogP contribution in [0, 0.1) is 0 Å². The molecule has 1 aromatic carbocycles. The van der Waals surface area contributed by atoms with E-state index in [0.717, 1.165) is 0 Å². The highest BCUT2D eigenvalue weighted by atomic mass is 16.5. The summed E-state index contributed by atoms with van der Waals surface area (Å²) in [7, 11) is 2.65. The Labute approximate surface area is 89.0 Å². The van der Waals surface area contributed by atoms with Crippen molar-refractivity contribution in [2.75, 3.05) is 7.11 Å². The van der Waals surface area contributed by atoms with Gasteiger partial charge in [0, 0.05) is 0 Å². The molecule has 0 spiro atoms. The Hall–Kier alpha value is -1.78. The predicted molar refractivity (Wildman–Crippen MR) is 58.3 cm³/mol. The molecule has 1 atom stereocenters. The second-order valence-electron chi connectivity index (χ2n) is 3.07. The maximum Gasteiger partial charge on any atom is 0.333 e. The number of amides is 1. The highest BCUT2D eigenvalue weighted by molar-refractivity contribution is 6.57. The lowest BCUT2D eigenvalue weighted by Crippen LogP contribution is -2.33. The third-order valence-electron chi connectivity index (χ3n) is 1.92. The predicted octanol–water partition coefficient (Wildman–Crippen LogP) is 0.243. The number of carbonyl (C=O) groups excluding carboxylic acids is 2. The number of esters is 1. The molecule has 0 aliphatic carbocycles. The molecule has 0 heterocycles. The Kier molecular flexibility index (Phi) is 3.91. The number of benzene rings is 1. The van der Waals surface area contributed by atoms with Gasteiger partial charge in [-0.3, -0.25) is 4.79 Å². The first kappa shape index (κ1) is 11.3. The molecule has 1 aromatic rings. The number of hydrogen-bond donors (Lipinski definition) is 1. The van der Waals surface area contributed by atoms with Crippen molar-refractivity contribution >= 4 is 19.6 Å². The van der Waals surface area contributed by atoms with Crippen LogP contribution in [0.1, 0.15) is 11.6 Å². The fourth-order valence-corrected chi connectivity index (χ4v) is 1.24. The Morgan fingerprint density at radius 3 is 2.40 bits per heavy atom.